The van der Waals surface area contributed by atoms with Gasteiger partial charge in [-0.25, -0.2) is 4.39 Å². The number of hydrogen-bond donors (Lipinski definition) is 2. The molecule has 0 atom stereocenters. The molecule has 0 aromatic carbocycles. The Hall–Kier alpha value is -1.86. The largest absolute Gasteiger partial charge is 0.390 e. The fourth-order valence-corrected chi connectivity index (χ4v) is 1.26. The van der Waals surface area contributed by atoms with Gasteiger partial charge in [-0.2, -0.15) is 13.2 Å². The zero-order valence-electron chi connectivity index (χ0n) is 10.3. The molecule has 0 aliphatic rings. The Bertz CT molecular complexity index is 431. The lowest BCUT2D eigenvalue weighted by Crippen LogP contribution is -2.38. The second kappa shape index (κ2) is 6.91. The number of halogens is 4. The highest BCUT2D eigenvalue weighted by molar-refractivity contribution is 5.79. The third-order valence-electron chi connectivity index (χ3n) is 2.18. The number of hydrogen-bond acceptors (Lipinski definition) is 2. The summed E-state index contributed by atoms with van der Waals surface area (Å²) in [6.45, 7) is -0.258. The SMILES string of the molecule is CN=C(NCCC(F)(F)F)NCc1ncccc1F. The number of alkyl halides is 3. The average Bonchev–Trinajstić information content (AvgIpc) is 2.34. The topological polar surface area (TPSA) is 49.3 Å². The first-order valence-corrected chi connectivity index (χ1v) is 5.53. The van der Waals surface area contributed by atoms with Crippen LogP contribution in [0.2, 0.25) is 0 Å². The second-order valence-corrected chi connectivity index (χ2v) is 3.65. The molecule has 2 N–H and O–H groups in total. The van der Waals surface area contributed by atoms with Crippen LogP contribution < -0.4 is 10.6 Å². The van der Waals surface area contributed by atoms with Crippen LogP contribution in [0.3, 0.4) is 0 Å². The fourth-order valence-electron chi connectivity index (χ4n) is 1.26. The van der Waals surface area contributed by atoms with Gasteiger partial charge < -0.3 is 10.6 Å². The molecule has 0 saturated carbocycles. The zero-order chi connectivity index (χ0) is 14.3. The average molecular weight is 278 g/mol. The van der Waals surface area contributed by atoms with E-state index in [0.717, 1.165) is 0 Å². The van der Waals surface area contributed by atoms with Crippen molar-refractivity contribution in [3.8, 4) is 0 Å². The number of aliphatic imine (C=N–C) groups is 1. The van der Waals surface area contributed by atoms with Gasteiger partial charge in [0.25, 0.3) is 0 Å². The van der Waals surface area contributed by atoms with Gasteiger partial charge in [-0.3, -0.25) is 9.98 Å². The highest BCUT2D eigenvalue weighted by Gasteiger charge is 2.26. The predicted octanol–water partition coefficient (Wildman–Crippen LogP) is 1.84. The van der Waals surface area contributed by atoms with E-state index in [1.54, 1.807) is 0 Å². The summed E-state index contributed by atoms with van der Waals surface area (Å²) in [5.41, 5.74) is 0.168. The van der Waals surface area contributed by atoms with Crippen molar-refractivity contribution in [2.75, 3.05) is 13.6 Å². The third-order valence-corrected chi connectivity index (χ3v) is 2.18. The van der Waals surface area contributed by atoms with Crippen molar-refractivity contribution in [1.82, 2.24) is 15.6 Å². The third kappa shape index (κ3) is 6.03. The molecule has 0 amide bonds. The summed E-state index contributed by atoms with van der Waals surface area (Å²) < 4.78 is 49.1. The fraction of sp³-hybridized carbons (Fsp3) is 0.455. The Morgan fingerprint density at radius 3 is 2.68 bits per heavy atom. The number of aromatic nitrogens is 1. The van der Waals surface area contributed by atoms with E-state index in [0.29, 0.717) is 0 Å². The number of guanidine groups is 1. The normalized spacial score (nSPS) is 12.4. The Labute approximate surface area is 107 Å². The van der Waals surface area contributed by atoms with Crippen LogP contribution in [0.1, 0.15) is 12.1 Å². The summed E-state index contributed by atoms with van der Waals surface area (Å²) in [5.74, 6) is -0.324. The van der Waals surface area contributed by atoms with Crippen molar-refractivity contribution >= 4 is 5.96 Å². The van der Waals surface area contributed by atoms with Gasteiger partial charge in [0, 0.05) is 19.8 Å². The van der Waals surface area contributed by atoms with Crippen LogP contribution in [0.4, 0.5) is 17.6 Å². The molecule has 19 heavy (non-hydrogen) atoms. The molecule has 0 bridgehead atoms. The molecule has 0 aliphatic heterocycles. The summed E-state index contributed by atoms with van der Waals surface area (Å²) in [6, 6.07) is 2.71. The van der Waals surface area contributed by atoms with Gasteiger partial charge >= 0.3 is 6.18 Å². The van der Waals surface area contributed by atoms with Gasteiger partial charge in [0.15, 0.2) is 5.96 Å². The van der Waals surface area contributed by atoms with Crippen LogP contribution in [0.25, 0.3) is 0 Å². The summed E-state index contributed by atoms with van der Waals surface area (Å²) >= 11 is 0. The molecular formula is C11H14F4N4. The van der Waals surface area contributed by atoms with Crippen molar-refractivity contribution in [3.63, 3.8) is 0 Å². The summed E-state index contributed by atoms with van der Waals surface area (Å²) in [5, 5.41) is 5.17. The minimum absolute atomic E-state index is 0.0400. The van der Waals surface area contributed by atoms with E-state index in [-0.39, 0.29) is 24.7 Å². The Kier molecular flexibility index (Phi) is 5.53. The van der Waals surface area contributed by atoms with Crippen LogP contribution in [0.5, 0.6) is 0 Å². The molecule has 1 rings (SSSR count). The molecule has 0 unspecified atom stereocenters. The Morgan fingerprint density at radius 2 is 2.11 bits per heavy atom. The van der Waals surface area contributed by atoms with Crippen molar-refractivity contribution in [3.05, 3.63) is 29.8 Å². The van der Waals surface area contributed by atoms with E-state index in [1.807, 2.05) is 0 Å². The molecule has 0 aliphatic carbocycles. The van der Waals surface area contributed by atoms with Crippen LogP contribution >= 0.6 is 0 Å². The molecular weight excluding hydrogens is 264 g/mol. The van der Waals surface area contributed by atoms with Gasteiger partial charge in [-0.05, 0) is 12.1 Å². The zero-order valence-corrected chi connectivity index (χ0v) is 10.3. The molecule has 0 fully saturated rings. The van der Waals surface area contributed by atoms with Crippen molar-refractivity contribution in [2.24, 2.45) is 4.99 Å². The predicted molar refractivity (Wildman–Crippen MR) is 63.1 cm³/mol. The van der Waals surface area contributed by atoms with Crippen LogP contribution in [0.15, 0.2) is 23.3 Å². The molecule has 1 aromatic heterocycles. The maximum atomic E-state index is 13.2. The molecule has 1 aromatic rings. The highest BCUT2D eigenvalue weighted by atomic mass is 19.4. The maximum Gasteiger partial charge on any atom is 0.390 e. The lowest BCUT2D eigenvalue weighted by Gasteiger charge is -2.12. The van der Waals surface area contributed by atoms with E-state index in [2.05, 4.69) is 20.6 Å². The lowest BCUT2D eigenvalue weighted by atomic mass is 10.3. The first-order valence-electron chi connectivity index (χ1n) is 5.53. The smallest absolute Gasteiger partial charge is 0.356 e. The standard InChI is InChI=1S/C11H14F4N4/c1-16-10(18-6-4-11(13,14)15)19-7-9-8(12)3-2-5-17-9/h2-3,5H,4,6-7H2,1H3,(H2,16,18,19). The highest BCUT2D eigenvalue weighted by Crippen LogP contribution is 2.17. The van der Waals surface area contributed by atoms with Gasteiger partial charge in [-0.1, -0.05) is 0 Å². The van der Waals surface area contributed by atoms with Gasteiger partial charge in [0.1, 0.15) is 5.82 Å². The lowest BCUT2D eigenvalue weighted by molar-refractivity contribution is -0.132. The van der Waals surface area contributed by atoms with Crippen molar-refractivity contribution in [2.45, 2.75) is 19.1 Å². The maximum absolute atomic E-state index is 13.2. The van der Waals surface area contributed by atoms with E-state index >= 15 is 0 Å². The Morgan fingerprint density at radius 1 is 1.37 bits per heavy atom. The van der Waals surface area contributed by atoms with E-state index in [4.69, 9.17) is 0 Å². The molecule has 0 spiro atoms. The summed E-state index contributed by atoms with van der Waals surface area (Å²) in [4.78, 5) is 7.53. The summed E-state index contributed by atoms with van der Waals surface area (Å²) in [6.07, 6.45) is -3.76. The molecule has 8 heteroatoms. The van der Waals surface area contributed by atoms with Crippen LogP contribution in [-0.2, 0) is 6.54 Å². The minimum Gasteiger partial charge on any atom is -0.356 e. The van der Waals surface area contributed by atoms with Gasteiger partial charge in [0.05, 0.1) is 18.7 Å². The minimum atomic E-state index is -4.22. The van der Waals surface area contributed by atoms with Crippen molar-refractivity contribution in [1.29, 1.82) is 0 Å². The molecule has 4 nitrogen and oxygen atoms in total. The van der Waals surface area contributed by atoms with Gasteiger partial charge in [0.2, 0.25) is 0 Å². The quantitative estimate of drug-likeness (QED) is 0.502. The second-order valence-electron chi connectivity index (χ2n) is 3.65. The number of nitrogens with zero attached hydrogens (tertiary/aromatic N) is 2. The van der Waals surface area contributed by atoms with Crippen LogP contribution in [-0.4, -0.2) is 30.7 Å². The summed E-state index contributed by atoms with van der Waals surface area (Å²) in [7, 11) is 1.41. The number of pyridine rings is 1. The molecule has 0 saturated heterocycles. The van der Waals surface area contributed by atoms with E-state index in [9.17, 15) is 17.6 Å². The number of nitrogens with one attached hydrogen (secondary N) is 2. The van der Waals surface area contributed by atoms with Gasteiger partial charge in [-0.15, -0.1) is 0 Å². The van der Waals surface area contributed by atoms with Crippen LogP contribution in [0, 0.1) is 5.82 Å². The van der Waals surface area contributed by atoms with Crippen molar-refractivity contribution < 1.29 is 17.6 Å². The first-order chi connectivity index (χ1) is 8.92. The van der Waals surface area contributed by atoms with E-state index in [1.165, 1.54) is 25.4 Å². The van der Waals surface area contributed by atoms with E-state index < -0.39 is 18.4 Å². The number of rotatable bonds is 4. The molecule has 106 valence electrons. The first kappa shape index (κ1) is 15.2. The monoisotopic (exact) mass is 278 g/mol. The Balaban J connectivity index is 2.40. The molecule has 0 radical (unpaired) electrons. The molecule has 1 heterocycles.